The maximum atomic E-state index is 12.5. The number of hydrogen-bond acceptors (Lipinski definition) is 5. The fourth-order valence-corrected chi connectivity index (χ4v) is 3.72. The Hall–Kier alpha value is -1.67. The van der Waals surface area contributed by atoms with E-state index in [1.807, 2.05) is 0 Å². The summed E-state index contributed by atoms with van der Waals surface area (Å²) in [5, 5.41) is 13.9. The lowest BCUT2D eigenvalue weighted by atomic mass is 9.86. The van der Waals surface area contributed by atoms with Crippen LogP contribution in [0.15, 0.2) is 23.1 Å². The SMILES string of the molecule is CNc1ccc(S(=O)(=O)N(C)CC2CCC2)c([N+](=O)[O-])c1. The van der Waals surface area contributed by atoms with Gasteiger partial charge in [0.15, 0.2) is 4.90 Å². The molecule has 1 aromatic carbocycles. The highest BCUT2D eigenvalue weighted by Gasteiger charge is 2.32. The molecular weight excluding hydrogens is 294 g/mol. The van der Waals surface area contributed by atoms with Gasteiger partial charge in [0.2, 0.25) is 10.0 Å². The molecule has 1 aromatic rings. The number of nitro benzene ring substituents is 1. The zero-order chi connectivity index (χ0) is 15.6. The number of nitrogens with one attached hydrogen (secondary N) is 1. The molecule has 0 spiro atoms. The Labute approximate surface area is 124 Å². The summed E-state index contributed by atoms with van der Waals surface area (Å²) in [7, 11) is -0.750. The Kier molecular flexibility index (Phi) is 4.48. The molecule has 0 saturated heterocycles. The first-order valence-electron chi connectivity index (χ1n) is 6.79. The molecular formula is C13H19N3O4S. The van der Waals surface area contributed by atoms with Gasteiger partial charge in [-0.2, -0.15) is 0 Å². The summed E-state index contributed by atoms with van der Waals surface area (Å²) >= 11 is 0. The van der Waals surface area contributed by atoms with E-state index in [0.29, 0.717) is 18.2 Å². The second-order valence-corrected chi connectivity index (χ2v) is 7.29. The van der Waals surface area contributed by atoms with Crippen molar-refractivity contribution in [3.63, 3.8) is 0 Å². The molecule has 1 saturated carbocycles. The second kappa shape index (κ2) is 5.98. The summed E-state index contributed by atoms with van der Waals surface area (Å²) in [6.45, 7) is 0.410. The Bertz CT molecular complexity index is 641. The Morgan fingerprint density at radius 2 is 2.10 bits per heavy atom. The van der Waals surface area contributed by atoms with Gasteiger partial charge >= 0.3 is 0 Å². The molecule has 0 unspecified atom stereocenters. The van der Waals surface area contributed by atoms with E-state index < -0.39 is 20.6 Å². The molecule has 8 heteroatoms. The van der Waals surface area contributed by atoms with Crippen LogP contribution < -0.4 is 5.32 Å². The highest BCUT2D eigenvalue weighted by Crippen LogP contribution is 2.32. The van der Waals surface area contributed by atoms with Gasteiger partial charge in [0.25, 0.3) is 5.69 Å². The molecule has 7 nitrogen and oxygen atoms in total. The van der Waals surface area contributed by atoms with Crippen LogP contribution in [0.2, 0.25) is 0 Å². The van der Waals surface area contributed by atoms with Crippen molar-refractivity contribution in [2.75, 3.05) is 26.0 Å². The third kappa shape index (κ3) is 3.16. The van der Waals surface area contributed by atoms with Crippen LogP contribution in [0, 0.1) is 16.0 Å². The van der Waals surface area contributed by atoms with Crippen LogP contribution in [-0.4, -0.2) is 38.3 Å². The maximum absolute atomic E-state index is 12.5. The lowest BCUT2D eigenvalue weighted by Gasteiger charge is -2.29. The molecule has 0 radical (unpaired) electrons. The van der Waals surface area contributed by atoms with Gasteiger partial charge in [0.05, 0.1) is 4.92 Å². The van der Waals surface area contributed by atoms with Gasteiger partial charge in [0.1, 0.15) is 0 Å². The number of benzene rings is 1. The van der Waals surface area contributed by atoms with Crippen molar-refractivity contribution in [2.24, 2.45) is 5.92 Å². The Morgan fingerprint density at radius 1 is 1.43 bits per heavy atom. The zero-order valence-electron chi connectivity index (χ0n) is 12.1. The average molecular weight is 313 g/mol. The molecule has 2 rings (SSSR count). The van der Waals surface area contributed by atoms with Crippen molar-refractivity contribution in [3.8, 4) is 0 Å². The van der Waals surface area contributed by atoms with Crippen molar-refractivity contribution < 1.29 is 13.3 Å². The van der Waals surface area contributed by atoms with Crippen LogP contribution >= 0.6 is 0 Å². The first-order valence-corrected chi connectivity index (χ1v) is 8.23. The predicted molar refractivity (Wildman–Crippen MR) is 79.8 cm³/mol. The third-order valence-electron chi connectivity index (χ3n) is 3.87. The number of sulfonamides is 1. The molecule has 1 fully saturated rings. The standard InChI is InChI=1S/C13H19N3O4S/c1-14-11-6-7-13(12(8-11)16(17)18)21(19,20)15(2)9-10-4-3-5-10/h6-8,10,14H,3-5,9H2,1-2H3. The zero-order valence-corrected chi connectivity index (χ0v) is 12.9. The highest BCUT2D eigenvalue weighted by atomic mass is 32.2. The van der Waals surface area contributed by atoms with Crippen LogP contribution in [-0.2, 0) is 10.0 Å². The number of rotatable bonds is 6. The van der Waals surface area contributed by atoms with E-state index in [2.05, 4.69) is 5.32 Å². The molecule has 1 aliphatic carbocycles. The molecule has 1 aliphatic rings. The topological polar surface area (TPSA) is 92.6 Å². The van der Waals surface area contributed by atoms with Crippen molar-refractivity contribution >= 4 is 21.4 Å². The number of nitro groups is 1. The molecule has 1 N–H and O–H groups in total. The minimum absolute atomic E-state index is 0.256. The summed E-state index contributed by atoms with van der Waals surface area (Å²) in [4.78, 5) is 10.2. The normalized spacial score (nSPS) is 15.8. The Morgan fingerprint density at radius 3 is 2.57 bits per heavy atom. The van der Waals surface area contributed by atoms with E-state index in [-0.39, 0.29) is 4.90 Å². The molecule has 116 valence electrons. The molecule has 0 aromatic heterocycles. The molecule has 0 bridgehead atoms. The van der Waals surface area contributed by atoms with Crippen molar-refractivity contribution in [1.82, 2.24) is 4.31 Å². The van der Waals surface area contributed by atoms with E-state index >= 15 is 0 Å². The van der Waals surface area contributed by atoms with E-state index in [1.54, 1.807) is 7.05 Å². The minimum atomic E-state index is -3.85. The van der Waals surface area contributed by atoms with Crippen LogP contribution in [0.4, 0.5) is 11.4 Å². The minimum Gasteiger partial charge on any atom is -0.388 e. The molecule has 0 heterocycles. The fraction of sp³-hybridized carbons (Fsp3) is 0.538. The largest absolute Gasteiger partial charge is 0.388 e. The van der Waals surface area contributed by atoms with Crippen molar-refractivity contribution in [1.29, 1.82) is 0 Å². The van der Waals surface area contributed by atoms with Crippen LogP contribution in [0.1, 0.15) is 19.3 Å². The van der Waals surface area contributed by atoms with Crippen LogP contribution in [0.3, 0.4) is 0 Å². The van der Waals surface area contributed by atoms with Gasteiger partial charge in [-0.3, -0.25) is 10.1 Å². The first kappa shape index (κ1) is 15.7. The second-order valence-electron chi connectivity index (χ2n) is 5.27. The first-order chi connectivity index (χ1) is 9.86. The van der Waals surface area contributed by atoms with Crippen molar-refractivity contribution in [2.45, 2.75) is 24.2 Å². The Balaban J connectivity index is 2.36. The highest BCUT2D eigenvalue weighted by molar-refractivity contribution is 7.89. The quantitative estimate of drug-likeness (QED) is 0.641. The monoisotopic (exact) mass is 313 g/mol. The molecule has 0 amide bonds. The van der Waals surface area contributed by atoms with Gasteiger partial charge in [-0.05, 0) is 30.9 Å². The van der Waals surface area contributed by atoms with Gasteiger partial charge < -0.3 is 5.32 Å². The lowest BCUT2D eigenvalue weighted by Crippen LogP contribution is -2.34. The summed E-state index contributed by atoms with van der Waals surface area (Å²) in [6.07, 6.45) is 3.15. The molecule has 0 atom stereocenters. The third-order valence-corrected chi connectivity index (χ3v) is 5.74. The lowest BCUT2D eigenvalue weighted by molar-refractivity contribution is -0.387. The van der Waals surface area contributed by atoms with E-state index in [1.165, 1.54) is 29.6 Å². The predicted octanol–water partition coefficient (Wildman–Crippen LogP) is 2.06. The maximum Gasteiger partial charge on any atom is 0.291 e. The summed E-state index contributed by atoms with van der Waals surface area (Å²) in [5.74, 6) is 0.361. The van der Waals surface area contributed by atoms with Crippen LogP contribution in [0.5, 0.6) is 0 Å². The van der Waals surface area contributed by atoms with Crippen LogP contribution in [0.25, 0.3) is 0 Å². The summed E-state index contributed by atoms with van der Waals surface area (Å²) in [6, 6.07) is 4.05. The average Bonchev–Trinajstić information content (AvgIpc) is 2.41. The molecule has 21 heavy (non-hydrogen) atoms. The fourth-order valence-electron chi connectivity index (χ4n) is 2.34. The van der Waals surface area contributed by atoms with E-state index in [4.69, 9.17) is 0 Å². The number of hydrogen-bond donors (Lipinski definition) is 1. The van der Waals surface area contributed by atoms with Gasteiger partial charge in [-0.25, -0.2) is 12.7 Å². The van der Waals surface area contributed by atoms with E-state index in [9.17, 15) is 18.5 Å². The van der Waals surface area contributed by atoms with Gasteiger partial charge in [-0.15, -0.1) is 0 Å². The number of nitrogens with zero attached hydrogens (tertiary/aromatic N) is 2. The smallest absolute Gasteiger partial charge is 0.291 e. The van der Waals surface area contributed by atoms with Gasteiger partial charge in [-0.1, -0.05) is 6.42 Å². The summed E-state index contributed by atoms with van der Waals surface area (Å²) < 4.78 is 26.3. The van der Waals surface area contributed by atoms with Crippen molar-refractivity contribution in [3.05, 3.63) is 28.3 Å². The van der Waals surface area contributed by atoms with Gasteiger partial charge in [0, 0.05) is 32.4 Å². The molecule has 0 aliphatic heterocycles. The summed E-state index contributed by atoms with van der Waals surface area (Å²) in [5.41, 5.74) is 0.101. The van der Waals surface area contributed by atoms with E-state index in [0.717, 1.165) is 19.3 Å². The number of anilines is 1.